The van der Waals surface area contributed by atoms with Gasteiger partial charge in [-0.3, -0.25) is 9.59 Å². The standard InChI is InChI=1S/C35H34N2O2S/c1-3-4-11-27-18-20-30(21-19-27)37-34(38)32(33(35(37)39)40-31-22-16-26(2)17-23-31)36(24-28-12-7-5-8-13-28)25-29-14-9-6-10-15-29/h5-10,12-23H,3-4,11,24-25H2,1-2H3. The lowest BCUT2D eigenvalue weighted by atomic mass is 10.1. The molecule has 0 bridgehead atoms. The fourth-order valence-corrected chi connectivity index (χ4v) is 5.84. The van der Waals surface area contributed by atoms with Crippen molar-refractivity contribution in [1.82, 2.24) is 4.90 Å². The molecule has 5 rings (SSSR count). The maximum absolute atomic E-state index is 14.2. The summed E-state index contributed by atoms with van der Waals surface area (Å²) in [6.45, 7) is 5.22. The van der Waals surface area contributed by atoms with Crippen molar-refractivity contribution in [3.8, 4) is 0 Å². The lowest BCUT2D eigenvalue weighted by molar-refractivity contribution is -0.121. The number of unbranched alkanes of at least 4 members (excludes halogenated alkanes) is 1. The minimum atomic E-state index is -0.284. The Morgan fingerprint density at radius 1 is 0.675 bits per heavy atom. The number of anilines is 1. The van der Waals surface area contributed by atoms with Gasteiger partial charge in [-0.1, -0.05) is 116 Å². The number of thioether (sulfide) groups is 1. The third-order valence-electron chi connectivity index (χ3n) is 7.02. The zero-order valence-electron chi connectivity index (χ0n) is 23.0. The second kappa shape index (κ2) is 12.8. The second-order valence-corrected chi connectivity index (χ2v) is 11.2. The molecule has 0 aliphatic carbocycles. The molecule has 0 fully saturated rings. The third kappa shape index (κ3) is 6.37. The predicted molar refractivity (Wildman–Crippen MR) is 164 cm³/mol. The van der Waals surface area contributed by atoms with Crippen LogP contribution in [0.4, 0.5) is 5.69 Å². The summed E-state index contributed by atoms with van der Waals surface area (Å²) in [4.78, 5) is 33.1. The van der Waals surface area contributed by atoms with Crippen molar-refractivity contribution in [3.63, 3.8) is 0 Å². The highest BCUT2D eigenvalue weighted by molar-refractivity contribution is 8.04. The topological polar surface area (TPSA) is 40.6 Å². The Morgan fingerprint density at radius 3 is 1.80 bits per heavy atom. The van der Waals surface area contributed by atoms with Gasteiger partial charge in [0.1, 0.15) is 10.6 Å². The van der Waals surface area contributed by atoms with Gasteiger partial charge in [-0.15, -0.1) is 0 Å². The van der Waals surface area contributed by atoms with Gasteiger partial charge in [0.2, 0.25) is 0 Å². The Morgan fingerprint density at radius 2 is 1.25 bits per heavy atom. The minimum Gasteiger partial charge on any atom is -0.357 e. The number of amides is 2. The summed E-state index contributed by atoms with van der Waals surface area (Å²) in [5, 5.41) is 0. The summed E-state index contributed by atoms with van der Waals surface area (Å²) in [5.41, 5.74) is 5.55. The van der Waals surface area contributed by atoms with Crippen molar-refractivity contribution in [3.05, 3.63) is 142 Å². The van der Waals surface area contributed by atoms with E-state index in [-0.39, 0.29) is 11.8 Å². The van der Waals surface area contributed by atoms with Crippen LogP contribution >= 0.6 is 11.8 Å². The molecule has 2 amide bonds. The Hall–Kier alpha value is -4.09. The van der Waals surface area contributed by atoms with Crippen LogP contribution in [-0.2, 0) is 29.1 Å². The number of imide groups is 1. The summed E-state index contributed by atoms with van der Waals surface area (Å²) in [6.07, 6.45) is 3.22. The van der Waals surface area contributed by atoms with Crippen molar-refractivity contribution in [1.29, 1.82) is 0 Å². The average Bonchev–Trinajstić information content (AvgIpc) is 3.22. The molecule has 0 N–H and O–H groups in total. The van der Waals surface area contributed by atoms with Crippen LogP contribution in [0.1, 0.15) is 42.0 Å². The van der Waals surface area contributed by atoms with Crippen molar-refractivity contribution < 1.29 is 9.59 Å². The van der Waals surface area contributed by atoms with Crippen LogP contribution in [0, 0.1) is 6.92 Å². The molecule has 1 aliphatic heterocycles. The first kappa shape index (κ1) is 27.5. The van der Waals surface area contributed by atoms with E-state index in [1.54, 1.807) is 0 Å². The maximum Gasteiger partial charge on any atom is 0.283 e. The number of carbonyl (C=O) groups excluding carboxylic acids is 2. The van der Waals surface area contributed by atoms with Gasteiger partial charge >= 0.3 is 0 Å². The molecule has 0 saturated carbocycles. The zero-order chi connectivity index (χ0) is 27.9. The lowest BCUT2D eigenvalue weighted by Crippen LogP contribution is -2.35. The molecule has 1 aliphatic rings. The molecular weight excluding hydrogens is 512 g/mol. The third-order valence-corrected chi connectivity index (χ3v) is 8.10. The summed E-state index contributed by atoms with van der Waals surface area (Å²) >= 11 is 1.37. The number of benzene rings is 4. The molecule has 0 spiro atoms. The Labute approximate surface area is 241 Å². The van der Waals surface area contributed by atoms with Gasteiger partial charge < -0.3 is 4.90 Å². The van der Waals surface area contributed by atoms with Gasteiger partial charge in [0.15, 0.2) is 0 Å². The molecular formula is C35H34N2O2S. The van der Waals surface area contributed by atoms with E-state index in [1.807, 2.05) is 91.9 Å². The van der Waals surface area contributed by atoms with Gasteiger partial charge in [0, 0.05) is 18.0 Å². The van der Waals surface area contributed by atoms with E-state index in [1.165, 1.54) is 22.2 Å². The second-order valence-electron chi connectivity index (χ2n) is 10.1. The molecule has 4 aromatic carbocycles. The van der Waals surface area contributed by atoms with E-state index in [2.05, 4.69) is 36.1 Å². The zero-order valence-corrected chi connectivity index (χ0v) is 23.9. The van der Waals surface area contributed by atoms with E-state index in [4.69, 9.17) is 0 Å². The molecule has 0 unspecified atom stereocenters. The fourth-order valence-electron chi connectivity index (χ4n) is 4.84. The highest BCUT2D eigenvalue weighted by Crippen LogP contribution is 2.40. The normalized spacial score (nSPS) is 13.3. The SMILES string of the molecule is CCCCc1ccc(N2C(=O)C(Sc3ccc(C)cc3)=C(N(Cc3ccccc3)Cc3ccccc3)C2=O)cc1. The predicted octanol–water partition coefficient (Wildman–Crippen LogP) is 7.92. The first-order valence-electron chi connectivity index (χ1n) is 13.8. The number of rotatable bonds is 11. The van der Waals surface area contributed by atoms with Crippen molar-refractivity contribution in [2.45, 2.75) is 51.1 Å². The maximum atomic E-state index is 14.2. The molecule has 0 saturated heterocycles. The van der Waals surface area contributed by atoms with Crippen molar-refractivity contribution in [2.75, 3.05) is 4.90 Å². The molecule has 202 valence electrons. The quantitative estimate of drug-likeness (QED) is 0.179. The van der Waals surface area contributed by atoms with E-state index < -0.39 is 0 Å². The van der Waals surface area contributed by atoms with E-state index in [0.717, 1.165) is 40.8 Å². The summed E-state index contributed by atoms with van der Waals surface area (Å²) in [5.74, 6) is -0.564. The van der Waals surface area contributed by atoms with E-state index in [0.29, 0.717) is 29.4 Å². The van der Waals surface area contributed by atoms with Gasteiger partial charge in [0.05, 0.1) is 5.69 Å². The largest absolute Gasteiger partial charge is 0.357 e. The Bertz CT molecular complexity index is 1440. The van der Waals surface area contributed by atoms with Gasteiger partial charge in [-0.25, -0.2) is 4.90 Å². The van der Waals surface area contributed by atoms with Crippen LogP contribution in [0.5, 0.6) is 0 Å². The number of aryl methyl sites for hydroxylation is 2. The van der Waals surface area contributed by atoms with Crippen LogP contribution in [0.2, 0.25) is 0 Å². The van der Waals surface area contributed by atoms with Crippen LogP contribution in [-0.4, -0.2) is 16.7 Å². The molecule has 0 atom stereocenters. The van der Waals surface area contributed by atoms with Crippen molar-refractivity contribution in [2.24, 2.45) is 0 Å². The highest BCUT2D eigenvalue weighted by Gasteiger charge is 2.42. The molecule has 40 heavy (non-hydrogen) atoms. The van der Waals surface area contributed by atoms with Crippen LogP contribution in [0.25, 0.3) is 0 Å². The highest BCUT2D eigenvalue weighted by atomic mass is 32.2. The summed E-state index contributed by atoms with van der Waals surface area (Å²) < 4.78 is 0. The van der Waals surface area contributed by atoms with Crippen LogP contribution in [0.3, 0.4) is 0 Å². The van der Waals surface area contributed by atoms with Gasteiger partial charge in [0.25, 0.3) is 11.8 Å². The smallest absolute Gasteiger partial charge is 0.283 e. The van der Waals surface area contributed by atoms with Crippen molar-refractivity contribution >= 4 is 29.3 Å². The first-order valence-corrected chi connectivity index (χ1v) is 14.6. The molecule has 1 heterocycles. The molecule has 0 aromatic heterocycles. The average molecular weight is 547 g/mol. The van der Waals surface area contributed by atoms with Gasteiger partial charge in [-0.05, 0) is 60.7 Å². The molecule has 0 radical (unpaired) electrons. The number of carbonyl (C=O) groups is 2. The van der Waals surface area contributed by atoms with E-state index >= 15 is 0 Å². The minimum absolute atomic E-state index is 0.280. The lowest BCUT2D eigenvalue weighted by Gasteiger charge is -2.26. The van der Waals surface area contributed by atoms with Crippen LogP contribution in [0.15, 0.2) is 125 Å². The Kier molecular flexibility index (Phi) is 8.82. The summed E-state index contributed by atoms with van der Waals surface area (Å²) in [6, 6.07) is 36.1. The monoisotopic (exact) mass is 546 g/mol. The van der Waals surface area contributed by atoms with E-state index in [9.17, 15) is 9.59 Å². The first-order chi connectivity index (χ1) is 19.5. The number of hydrogen-bond donors (Lipinski definition) is 0. The Balaban J connectivity index is 1.56. The fraction of sp³-hybridized carbons (Fsp3) is 0.200. The van der Waals surface area contributed by atoms with Crippen LogP contribution < -0.4 is 4.90 Å². The molecule has 4 nitrogen and oxygen atoms in total. The molecule has 4 aromatic rings. The number of hydrogen-bond acceptors (Lipinski definition) is 4. The number of nitrogens with zero attached hydrogens (tertiary/aromatic N) is 2. The van der Waals surface area contributed by atoms with Gasteiger partial charge in [-0.2, -0.15) is 0 Å². The molecule has 5 heteroatoms. The summed E-state index contributed by atoms with van der Waals surface area (Å²) in [7, 11) is 0.